The molecule has 8 heteroatoms. The van der Waals surface area contributed by atoms with E-state index in [1.54, 1.807) is 35.1 Å². The number of amides is 1. The van der Waals surface area contributed by atoms with E-state index in [2.05, 4.69) is 15.4 Å². The van der Waals surface area contributed by atoms with E-state index in [0.717, 1.165) is 17.0 Å². The van der Waals surface area contributed by atoms with Crippen molar-refractivity contribution in [2.45, 2.75) is 6.92 Å². The highest BCUT2D eigenvalue weighted by atomic mass is 35.5. The van der Waals surface area contributed by atoms with Crippen molar-refractivity contribution >= 4 is 44.7 Å². The molecule has 1 aromatic carbocycles. The minimum absolute atomic E-state index is 0.308. The first kappa shape index (κ1) is 16.7. The summed E-state index contributed by atoms with van der Waals surface area (Å²) < 4.78 is 15.6. The number of benzene rings is 1. The van der Waals surface area contributed by atoms with Gasteiger partial charge >= 0.3 is 0 Å². The largest absolute Gasteiger partial charge is 0.306 e. The lowest BCUT2D eigenvalue weighted by Gasteiger charge is -2.07. The number of hydrogen-bond donors (Lipinski definition) is 1. The van der Waals surface area contributed by atoms with Crippen LogP contribution in [-0.2, 0) is 0 Å². The van der Waals surface area contributed by atoms with Gasteiger partial charge in [0.2, 0.25) is 0 Å². The smallest absolute Gasteiger partial charge is 0.268 e. The van der Waals surface area contributed by atoms with Gasteiger partial charge in [-0.15, -0.1) is 11.3 Å². The Hall–Kier alpha value is -2.77. The maximum absolute atomic E-state index is 13.4. The molecule has 0 aliphatic carbocycles. The molecule has 26 heavy (non-hydrogen) atoms. The lowest BCUT2D eigenvalue weighted by molar-refractivity contribution is 0.103. The number of halogens is 2. The topological polar surface area (TPSA) is 59.8 Å². The van der Waals surface area contributed by atoms with Gasteiger partial charge in [-0.1, -0.05) is 17.7 Å². The van der Waals surface area contributed by atoms with Crippen LogP contribution in [0.4, 0.5) is 10.2 Å². The fourth-order valence-corrected chi connectivity index (χ4v) is 4.04. The molecule has 5 nitrogen and oxygen atoms in total. The Morgan fingerprint density at radius 3 is 2.88 bits per heavy atom. The van der Waals surface area contributed by atoms with Crippen molar-refractivity contribution in [1.82, 2.24) is 14.8 Å². The number of pyridine rings is 1. The maximum atomic E-state index is 13.4. The molecule has 0 unspecified atom stereocenters. The van der Waals surface area contributed by atoms with E-state index in [9.17, 15) is 9.18 Å². The first-order chi connectivity index (χ1) is 12.5. The van der Waals surface area contributed by atoms with Gasteiger partial charge in [0.25, 0.3) is 5.91 Å². The number of carbonyl (C=O) groups excluding carboxylic acids is 1. The van der Waals surface area contributed by atoms with Crippen molar-refractivity contribution in [1.29, 1.82) is 0 Å². The van der Waals surface area contributed by atoms with E-state index in [-0.39, 0.29) is 11.7 Å². The molecule has 0 radical (unpaired) electrons. The van der Waals surface area contributed by atoms with Crippen molar-refractivity contribution in [3.63, 3.8) is 0 Å². The summed E-state index contributed by atoms with van der Waals surface area (Å²) >= 11 is 7.47. The molecular weight excluding hydrogens is 375 g/mol. The number of thiophene rings is 1. The van der Waals surface area contributed by atoms with Crippen molar-refractivity contribution in [3.05, 3.63) is 70.1 Å². The van der Waals surface area contributed by atoms with Gasteiger partial charge < -0.3 is 5.32 Å². The molecule has 1 amide bonds. The van der Waals surface area contributed by atoms with Crippen LogP contribution in [0.1, 0.15) is 15.4 Å². The summed E-state index contributed by atoms with van der Waals surface area (Å²) in [7, 11) is 0. The molecule has 0 bridgehead atoms. The Balaban J connectivity index is 1.71. The predicted molar refractivity (Wildman–Crippen MR) is 101 cm³/mol. The summed E-state index contributed by atoms with van der Waals surface area (Å²) in [6, 6.07) is 11.4. The number of rotatable bonds is 3. The second-order valence-corrected chi connectivity index (χ2v) is 7.04. The quantitative estimate of drug-likeness (QED) is 0.548. The Bertz CT molecular complexity index is 1120. The zero-order chi connectivity index (χ0) is 18.3. The summed E-state index contributed by atoms with van der Waals surface area (Å²) in [5.74, 6) is 0.311. The second-order valence-electron chi connectivity index (χ2n) is 5.61. The summed E-state index contributed by atoms with van der Waals surface area (Å²) in [5.41, 5.74) is 0.732. The molecule has 0 saturated heterocycles. The Labute approximate surface area is 157 Å². The van der Waals surface area contributed by atoms with E-state index in [1.807, 2.05) is 13.0 Å². The first-order valence-electron chi connectivity index (χ1n) is 7.70. The summed E-state index contributed by atoms with van der Waals surface area (Å²) in [6.45, 7) is 1.82. The highest BCUT2D eigenvalue weighted by Gasteiger charge is 2.20. The first-order valence-corrected chi connectivity index (χ1v) is 8.89. The number of carbonyl (C=O) groups is 1. The van der Waals surface area contributed by atoms with Crippen LogP contribution >= 0.6 is 22.9 Å². The lowest BCUT2D eigenvalue weighted by atomic mass is 10.2. The average molecular weight is 387 g/mol. The van der Waals surface area contributed by atoms with Gasteiger partial charge in [-0.2, -0.15) is 9.78 Å². The molecule has 0 atom stereocenters. The van der Waals surface area contributed by atoms with Gasteiger partial charge in [-0.05, 0) is 37.3 Å². The zero-order valence-corrected chi connectivity index (χ0v) is 15.1. The number of aryl methyl sites for hydroxylation is 1. The van der Waals surface area contributed by atoms with Crippen LogP contribution in [0.25, 0.3) is 15.9 Å². The fraction of sp³-hybridized carbons (Fsp3) is 0.0556. The predicted octanol–water partition coefficient (Wildman–Crippen LogP) is 4.84. The summed E-state index contributed by atoms with van der Waals surface area (Å²) in [4.78, 5) is 17.3. The zero-order valence-electron chi connectivity index (χ0n) is 13.5. The van der Waals surface area contributed by atoms with Crippen LogP contribution in [0.15, 0.2) is 48.7 Å². The third-order valence-electron chi connectivity index (χ3n) is 3.74. The molecule has 0 aliphatic rings. The number of aromatic nitrogens is 3. The van der Waals surface area contributed by atoms with Gasteiger partial charge in [0.05, 0.1) is 10.7 Å². The number of fused-ring (bicyclic) bond motifs is 1. The van der Waals surface area contributed by atoms with Gasteiger partial charge in [0, 0.05) is 22.3 Å². The van der Waals surface area contributed by atoms with Crippen molar-refractivity contribution < 1.29 is 9.18 Å². The minimum Gasteiger partial charge on any atom is -0.306 e. The molecule has 3 heterocycles. The van der Waals surface area contributed by atoms with Crippen LogP contribution < -0.4 is 5.32 Å². The summed E-state index contributed by atoms with van der Waals surface area (Å²) in [6.07, 6.45) is 1.65. The third kappa shape index (κ3) is 2.95. The number of nitrogens with one attached hydrogen (secondary N) is 1. The third-order valence-corrected chi connectivity index (χ3v) is 5.39. The summed E-state index contributed by atoms with van der Waals surface area (Å²) in [5, 5.41) is 8.14. The number of anilines is 1. The normalized spacial score (nSPS) is 11.0. The average Bonchev–Trinajstić information content (AvgIpc) is 3.15. The highest BCUT2D eigenvalue weighted by Crippen LogP contribution is 2.36. The lowest BCUT2D eigenvalue weighted by Crippen LogP contribution is -2.14. The van der Waals surface area contributed by atoms with Crippen molar-refractivity contribution in [2.24, 2.45) is 0 Å². The van der Waals surface area contributed by atoms with Crippen molar-refractivity contribution in [3.8, 4) is 5.82 Å². The van der Waals surface area contributed by atoms with E-state index < -0.39 is 0 Å². The standard InChI is InChI=1S/C18H12ClFN4OS/c1-10-8-15(24(23-10)14-4-2-3-7-21-14)22-18(25)17-16(19)12-6-5-11(20)9-13(12)26-17/h2-9H,1H3,(H,22,25). The molecule has 0 aliphatic heterocycles. The van der Waals surface area contributed by atoms with Crippen LogP contribution in [0, 0.1) is 12.7 Å². The van der Waals surface area contributed by atoms with Crippen LogP contribution in [0.2, 0.25) is 5.02 Å². The van der Waals surface area contributed by atoms with E-state index >= 15 is 0 Å². The molecular formula is C18H12ClFN4OS. The fourth-order valence-electron chi connectivity index (χ4n) is 2.60. The molecule has 0 spiro atoms. The highest BCUT2D eigenvalue weighted by molar-refractivity contribution is 7.21. The van der Waals surface area contributed by atoms with Gasteiger partial charge in [0.15, 0.2) is 5.82 Å². The Kier molecular flexibility index (Phi) is 4.18. The van der Waals surface area contributed by atoms with E-state index in [4.69, 9.17) is 11.6 Å². The van der Waals surface area contributed by atoms with E-state index in [1.165, 1.54) is 12.1 Å². The van der Waals surface area contributed by atoms with Crippen LogP contribution in [-0.4, -0.2) is 20.7 Å². The second kappa shape index (κ2) is 6.51. The molecule has 4 aromatic rings. The van der Waals surface area contributed by atoms with E-state index in [0.29, 0.717) is 31.6 Å². The van der Waals surface area contributed by atoms with Gasteiger partial charge in [0.1, 0.15) is 16.5 Å². The van der Waals surface area contributed by atoms with Crippen LogP contribution in [0.3, 0.4) is 0 Å². The monoisotopic (exact) mass is 386 g/mol. The molecule has 1 N–H and O–H groups in total. The van der Waals surface area contributed by atoms with Crippen LogP contribution in [0.5, 0.6) is 0 Å². The minimum atomic E-state index is -0.381. The molecule has 4 rings (SSSR count). The molecule has 0 fully saturated rings. The Morgan fingerprint density at radius 2 is 2.12 bits per heavy atom. The molecule has 130 valence electrons. The number of hydrogen-bond acceptors (Lipinski definition) is 4. The maximum Gasteiger partial charge on any atom is 0.268 e. The molecule has 0 saturated carbocycles. The Morgan fingerprint density at radius 1 is 1.27 bits per heavy atom. The molecule has 3 aromatic heterocycles. The number of nitrogens with zero attached hydrogens (tertiary/aromatic N) is 3. The van der Waals surface area contributed by atoms with Gasteiger partial charge in [-0.25, -0.2) is 9.37 Å². The van der Waals surface area contributed by atoms with Gasteiger partial charge in [-0.3, -0.25) is 4.79 Å². The SMILES string of the molecule is Cc1cc(NC(=O)c2sc3cc(F)ccc3c2Cl)n(-c2ccccn2)n1. The van der Waals surface area contributed by atoms with Crippen molar-refractivity contribution in [2.75, 3.05) is 5.32 Å².